The molecule has 8 atom stereocenters. The van der Waals surface area contributed by atoms with Gasteiger partial charge in [0.15, 0.2) is 0 Å². The Morgan fingerprint density at radius 3 is 2.33 bits per heavy atom. The van der Waals surface area contributed by atoms with Gasteiger partial charge in [-0.3, -0.25) is 4.21 Å². The first-order valence-corrected chi connectivity index (χ1v) is 18.3. The molecule has 11 heteroatoms. The fraction of sp³-hybridized carbons (Fsp3) is 0.824. The number of phenolic OH excluding ortho intramolecular Hbond substituents is 1. The summed E-state index contributed by atoms with van der Waals surface area (Å²) >= 11 is 0. The molecule has 3 fully saturated rings. The van der Waals surface area contributed by atoms with Crippen LogP contribution in [0.5, 0.6) is 5.75 Å². The third kappa shape index (κ3) is 6.84. The molecular weight excluding hydrogens is 613 g/mol. The molecule has 4 aliphatic carbocycles. The van der Waals surface area contributed by atoms with Crippen LogP contribution in [0.25, 0.3) is 0 Å². The average Bonchev–Trinajstić information content (AvgIpc) is 3.74. The molecule has 1 aromatic rings. The van der Waals surface area contributed by atoms with Crippen molar-refractivity contribution in [1.82, 2.24) is 4.90 Å². The van der Waals surface area contributed by atoms with Crippen molar-refractivity contribution in [2.24, 2.45) is 28.6 Å². The topological polar surface area (TPSA) is 81.0 Å². The molecule has 1 aromatic carbocycles. The van der Waals surface area contributed by atoms with Crippen LogP contribution >= 0.6 is 0 Å². The number of hydrogen-bond acceptors (Lipinski definition) is 5. The van der Waals surface area contributed by atoms with E-state index in [2.05, 4.69) is 11.8 Å². The minimum atomic E-state index is -5.57. The summed E-state index contributed by atoms with van der Waals surface area (Å²) in [5, 5.41) is 33.2. The molecule has 0 amide bonds. The minimum Gasteiger partial charge on any atom is -0.508 e. The summed E-state index contributed by atoms with van der Waals surface area (Å²) in [6, 6.07) is 5.47. The normalized spacial score (nSPS) is 32.8. The smallest absolute Gasteiger partial charge is 0.453 e. The van der Waals surface area contributed by atoms with Crippen molar-refractivity contribution >= 4 is 10.8 Å². The number of aromatic hydroxyl groups is 1. The number of alkyl halides is 5. The van der Waals surface area contributed by atoms with Crippen molar-refractivity contribution in [3.05, 3.63) is 29.3 Å². The SMILES string of the molecule is CN(CCCCCC1C2C(CC[C@@]3(C)C2C[C@@H](O)C32CC2)c2ccc(O)cc2[C@H]1O)CCCS(=O)CCCC(F)(F)C(F)(F)F. The maximum Gasteiger partial charge on any atom is 0.453 e. The molecule has 5 unspecified atom stereocenters. The number of aliphatic hydroxyl groups excluding tert-OH is 2. The van der Waals surface area contributed by atoms with Crippen molar-refractivity contribution in [2.75, 3.05) is 31.6 Å². The zero-order chi connectivity index (χ0) is 32.8. The van der Waals surface area contributed by atoms with E-state index in [1.165, 1.54) is 0 Å². The van der Waals surface area contributed by atoms with Crippen molar-refractivity contribution < 1.29 is 41.5 Å². The van der Waals surface area contributed by atoms with Gasteiger partial charge in [0.2, 0.25) is 0 Å². The second-order valence-corrected chi connectivity index (χ2v) is 16.4. The highest BCUT2D eigenvalue weighted by atomic mass is 32.2. The lowest BCUT2D eigenvalue weighted by Gasteiger charge is -2.55. The standard InChI is InChI=1S/C34H50F5NO4S/c1-31-13-11-24-23-10-9-22(41)20-26(23)30(43)25(29(24)27(31)21-28(42)32(31)14-15-32)8-4-3-5-16-40(2)17-7-19-45(44)18-6-12-33(35,36)34(37,38)39/h9-10,20,24-25,27-30,41-43H,3-8,11-19,21H2,1-2H3/t24?,25?,27?,28-,29?,30+,31+,45?/m1/s1. The van der Waals surface area contributed by atoms with Crippen molar-refractivity contribution in [1.29, 1.82) is 0 Å². The third-order valence-corrected chi connectivity index (χ3v) is 13.7. The molecule has 3 N–H and O–H groups in total. The average molecular weight is 664 g/mol. The largest absolute Gasteiger partial charge is 0.508 e. The fourth-order valence-corrected chi connectivity index (χ4v) is 10.7. The maximum absolute atomic E-state index is 13.0. The first-order valence-electron chi connectivity index (χ1n) is 16.8. The van der Waals surface area contributed by atoms with Gasteiger partial charge in [0, 0.05) is 34.1 Å². The summed E-state index contributed by atoms with van der Waals surface area (Å²) in [7, 11) is 0.541. The Bertz CT molecular complexity index is 1210. The van der Waals surface area contributed by atoms with E-state index < -0.39 is 41.8 Å². The minimum absolute atomic E-state index is 0.0480. The third-order valence-electron chi connectivity index (χ3n) is 12.2. The molecule has 5 rings (SSSR count). The summed E-state index contributed by atoms with van der Waals surface area (Å²) in [5.74, 6) is -3.39. The molecule has 0 aliphatic heterocycles. The van der Waals surface area contributed by atoms with Crippen LogP contribution in [0.2, 0.25) is 0 Å². The Morgan fingerprint density at radius 1 is 0.956 bits per heavy atom. The number of phenols is 1. The Labute approximate surface area is 266 Å². The molecule has 0 heterocycles. The highest BCUT2D eigenvalue weighted by molar-refractivity contribution is 7.84. The van der Waals surface area contributed by atoms with Gasteiger partial charge in [0.25, 0.3) is 0 Å². The number of benzene rings is 1. The van der Waals surface area contributed by atoms with Crippen LogP contribution < -0.4 is 0 Å². The molecule has 4 aliphatic rings. The molecule has 1 spiro atoms. The second kappa shape index (κ2) is 13.3. The van der Waals surface area contributed by atoms with Gasteiger partial charge in [-0.15, -0.1) is 0 Å². The van der Waals surface area contributed by atoms with Gasteiger partial charge in [0.1, 0.15) is 5.75 Å². The van der Waals surface area contributed by atoms with Crippen LogP contribution in [-0.2, 0) is 10.8 Å². The van der Waals surface area contributed by atoms with Crippen LogP contribution in [-0.4, -0.2) is 74.3 Å². The lowest BCUT2D eigenvalue weighted by atomic mass is 9.50. The summed E-state index contributed by atoms with van der Waals surface area (Å²) in [6.45, 7) is 3.89. The van der Waals surface area contributed by atoms with E-state index in [1.54, 1.807) is 12.1 Å². The summed E-state index contributed by atoms with van der Waals surface area (Å²) in [4.78, 5) is 2.13. The van der Waals surface area contributed by atoms with E-state index in [0.29, 0.717) is 30.7 Å². The monoisotopic (exact) mass is 663 g/mol. The molecule has 45 heavy (non-hydrogen) atoms. The Kier molecular flexibility index (Phi) is 10.4. The molecule has 5 nitrogen and oxygen atoms in total. The lowest BCUT2D eigenvalue weighted by Crippen LogP contribution is -2.47. The lowest BCUT2D eigenvalue weighted by molar-refractivity contribution is -0.284. The molecule has 0 saturated heterocycles. The van der Waals surface area contributed by atoms with Gasteiger partial charge < -0.3 is 20.2 Å². The summed E-state index contributed by atoms with van der Waals surface area (Å²) in [5.41, 5.74) is 2.17. The second-order valence-electron chi connectivity index (χ2n) is 14.7. The van der Waals surface area contributed by atoms with Gasteiger partial charge in [-0.2, -0.15) is 22.0 Å². The van der Waals surface area contributed by atoms with Gasteiger partial charge in [-0.25, -0.2) is 0 Å². The Morgan fingerprint density at radius 2 is 1.64 bits per heavy atom. The fourth-order valence-electron chi connectivity index (χ4n) is 9.61. The number of unbranched alkanes of at least 4 members (excludes halogenated alkanes) is 2. The summed E-state index contributed by atoms with van der Waals surface area (Å²) < 4.78 is 75.0. The zero-order valence-corrected chi connectivity index (χ0v) is 27.3. The van der Waals surface area contributed by atoms with Crippen molar-refractivity contribution in [3.8, 4) is 5.75 Å². The van der Waals surface area contributed by atoms with Crippen molar-refractivity contribution in [3.63, 3.8) is 0 Å². The maximum atomic E-state index is 13.0. The first-order chi connectivity index (χ1) is 21.1. The number of rotatable bonds is 14. The molecule has 0 aromatic heterocycles. The number of hydrogen-bond donors (Lipinski definition) is 3. The number of aliphatic hydroxyl groups is 2. The van der Waals surface area contributed by atoms with Crippen molar-refractivity contribution in [2.45, 2.75) is 114 Å². The predicted octanol–water partition coefficient (Wildman–Crippen LogP) is 7.33. The quantitative estimate of drug-likeness (QED) is 0.144. The summed E-state index contributed by atoms with van der Waals surface area (Å²) in [6.07, 6.45) is 1.23. The number of nitrogens with zero attached hydrogens (tertiary/aromatic N) is 1. The predicted molar refractivity (Wildman–Crippen MR) is 165 cm³/mol. The number of fused-ring (bicyclic) bond motifs is 6. The molecule has 0 bridgehead atoms. The highest BCUT2D eigenvalue weighted by Crippen LogP contribution is 2.76. The van der Waals surface area contributed by atoms with Crippen LogP contribution in [0.1, 0.15) is 107 Å². The zero-order valence-electron chi connectivity index (χ0n) is 26.5. The van der Waals surface area contributed by atoms with Gasteiger partial charge in [-0.1, -0.05) is 25.8 Å². The van der Waals surface area contributed by atoms with E-state index in [9.17, 15) is 41.5 Å². The highest BCUT2D eigenvalue weighted by Gasteiger charge is 2.71. The van der Waals surface area contributed by atoms with Gasteiger partial charge >= 0.3 is 12.1 Å². The van der Waals surface area contributed by atoms with E-state index >= 15 is 0 Å². The first kappa shape index (κ1) is 35.0. The van der Waals surface area contributed by atoms with Crippen LogP contribution in [0.3, 0.4) is 0 Å². The van der Waals surface area contributed by atoms with E-state index in [4.69, 9.17) is 0 Å². The Hall–Kier alpha value is -1.30. The van der Waals surface area contributed by atoms with Crippen LogP contribution in [0, 0.1) is 28.6 Å². The van der Waals surface area contributed by atoms with Crippen LogP contribution in [0.15, 0.2) is 18.2 Å². The molecule has 256 valence electrons. The molecule has 0 radical (unpaired) electrons. The van der Waals surface area contributed by atoms with Gasteiger partial charge in [0.05, 0.1) is 12.2 Å². The van der Waals surface area contributed by atoms with E-state index in [1.807, 2.05) is 13.1 Å². The molecular formula is C34H50F5NO4S. The molecule has 3 saturated carbocycles. The van der Waals surface area contributed by atoms with E-state index in [-0.39, 0.29) is 40.1 Å². The number of halogens is 5. The van der Waals surface area contributed by atoms with E-state index in [0.717, 1.165) is 75.5 Å². The van der Waals surface area contributed by atoms with Crippen LogP contribution in [0.4, 0.5) is 22.0 Å². The van der Waals surface area contributed by atoms with Gasteiger partial charge in [-0.05, 0) is 130 Å². The Balaban J connectivity index is 1.09.